The summed E-state index contributed by atoms with van der Waals surface area (Å²) in [6.45, 7) is 6.85. The van der Waals surface area contributed by atoms with Crippen molar-refractivity contribution in [2.24, 2.45) is 17.8 Å². The van der Waals surface area contributed by atoms with Crippen molar-refractivity contribution < 1.29 is 4.74 Å². The van der Waals surface area contributed by atoms with Crippen LogP contribution in [0.2, 0.25) is 0 Å². The molecule has 1 nitrogen and oxygen atoms in total. The molecule has 2 saturated carbocycles. The highest BCUT2D eigenvalue weighted by atomic mass is 16.5. The number of allylic oxidation sites excluding steroid dienone is 2. The van der Waals surface area contributed by atoms with Crippen LogP contribution in [0.1, 0.15) is 77.6 Å². The van der Waals surface area contributed by atoms with Gasteiger partial charge in [0.1, 0.15) is 0 Å². The van der Waals surface area contributed by atoms with Gasteiger partial charge >= 0.3 is 0 Å². The van der Waals surface area contributed by atoms with Gasteiger partial charge in [-0.2, -0.15) is 0 Å². The molecule has 22 heavy (non-hydrogen) atoms. The van der Waals surface area contributed by atoms with Crippen molar-refractivity contribution >= 4 is 0 Å². The highest BCUT2D eigenvalue weighted by Gasteiger charge is 2.30. The molecule has 0 saturated heterocycles. The predicted molar refractivity (Wildman–Crippen MR) is 96.0 cm³/mol. The fourth-order valence-corrected chi connectivity index (χ4v) is 4.45. The van der Waals surface area contributed by atoms with Crippen molar-refractivity contribution in [3.05, 3.63) is 24.8 Å². The minimum atomic E-state index is 0.529. The molecule has 0 amide bonds. The van der Waals surface area contributed by atoms with Gasteiger partial charge in [0.15, 0.2) is 0 Å². The molecule has 0 aromatic heterocycles. The lowest BCUT2D eigenvalue weighted by atomic mass is 9.70. The van der Waals surface area contributed by atoms with Crippen LogP contribution in [0.5, 0.6) is 0 Å². The smallest absolute Gasteiger partial charge is 0.0651 e. The summed E-state index contributed by atoms with van der Waals surface area (Å²) in [7, 11) is 0. The van der Waals surface area contributed by atoms with Crippen molar-refractivity contribution in [2.75, 3.05) is 6.61 Å². The maximum atomic E-state index is 5.99. The molecule has 0 radical (unpaired) electrons. The Hall–Kier alpha value is -0.560. The minimum absolute atomic E-state index is 0.529. The van der Waals surface area contributed by atoms with Crippen molar-refractivity contribution in [2.45, 2.75) is 83.7 Å². The van der Waals surface area contributed by atoms with Gasteiger partial charge in [0, 0.05) is 0 Å². The van der Waals surface area contributed by atoms with Crippen LogP contribution in [-0.4, -0.2) is 12.7 Å². The van der Waals surface area contributed by atoms with Crippen molar-refractivity contribution in [1.82, 2.24) is 0 Å². The molecule has 2 fully saturated rings. The van der Waals surface area contributed by atoms with Crippen molar-refractivity contribution in [3.8, 4) is 0 Å². The van der Waals surface area contributed by atoms with Crippen LogP contribution < -0.4 is 0 Å². The molecule has 0 N–H and O–H groups in total. The topological polar surface area (TPSA) is 9.23 Å². The van der Waals surface area contributed by atoms with Crippen LogP contribution in [-0.2, 0) is 4.74 Å². The Morgan fingerprint density at radius 2 is 1.55 bits per heavy atom. The van der Waals surface area contributed by atoms with Crippen LogP contribution in [0, 0.1) is 17.8 Å². The monoisotopic (exact) mass is 304 g/mol. The minimum Gasteiger partial charge on any atom is -0.374 e. The zero-order valence-electron chi connectivity index (χ0n) is 14.6. The highest BCUT2D eigenvalue weighted by molar-refractivity contribution is 4.84. The number of hydrogen-bond acceptors (Lipinski definition) is 1. The van der Waals surface area contributed by atoms with Crippen LogP contribution in [0.25, 0.3) is 0 Å². The molecule has 0 bridgehead atoms. The molecule has 2 aliphatic carbocycles. The van der Waals surface area contributed by atoms with E-state index in [1.54, 1.807) is 0 Å². The van der Waals surface area contributed by atoms with E-state index in [1.807, 2.05) is 0 Å². The van der Waals surface area contributed by atoms with Crippen molar-refractivity contribution in [3.63, 3.8) is 0 Å². The second-order valence-electron chi connectivity index (χ2n) is 7.40. The molecule has 0 aromatic rings. The Balaban J connectivity index is 1.61. The van der Waals surface area contributed by atoms with Gasteiger partial charge in [0.2, 0.25) is 0 Å². The molecule has 2 rings (SSSR count). The van der Waals surface area contributed by atoms with Gasteiger partial charge < -0.3 is 4.74 Å². The molecule has 126 valence electrons. The Kier molecular flexibility index (Phi) is 8.30. The quantitative estimate of drug-likeness (QED) is 0.478. The third kappa shape index (κ3) is 5.91. The second-order valence-corrected chi connectivity index (χ2v) is 7.40. The molecule has 0 aliphatic heterocycles. The summed E-state index contributed by atoms with van der Waals surface area (Å²) in [6, 6.07) is 0. The van der Waals surface area contributed by atoms with E-state index in [2.05, 4.69) is 31.7 Å². The molecular weight excluding hydrogens is 268 g/mol. The summed E-state index contributed by atoms with van der Waals surface area (Å²) < 4.78 is 5.99. The fraction of sp³-hybridized carbons (Fsp3) is 0.810. The van der Waals surface area contributed by atoms with Gasteiger partial charge in [-0.15, -0.1) is 6.58 Å². The van der Waals surface area contributed by atoms with Crippen molar-refractivity contribution in [1.29, 1.82) is 0 Å². The lowest BCUT2D eigenvalue weighted by Crippen LogP contribution is -2.28. The SMILES string of the molecule is C=CCCC1CCC(C2CCC(OC/C=C/CC)CC2)CC1. The molecule has 2 aliphatic rings. The van der Waals surface area contributed by atoms with E-state index in [9.17, 15) is 0 Å². The molecule has 0 spiro atoms. The van der Waals surface area contributed by atoms with Gasteiger partial charge in [-0.05, 0) is 75.5 Å². The average molecular weight is 305 g/mol. The van der Waals surface area contributed by atoms with Gasteiger partial charge in [-0.3, -0.25) is 0 Å². The van der Waals surface area contributed by atoms with Gasteiger partial charge in [-0.25, -0.2) is 0 Å². The molecule has 0 atom stereocenters. The summed E-state index contributed by atoms with van der Waals surface area (Å²) >= 11 is 0. The second kappa shape index (κ2) is 10.3. The Labute approximate surface area is 138 Å². The van der Waals surface area contributed by atoms with Crippen LogP contribution in [0.3, 0.4) is 0 Å². The van der Waals surface area contributed by atoms with E-state index in [4.69, 9.17) is 4.74 Å². The van der Waals surface area contributed by atoms with E-state index in [-0.39, 0.29) is 0 Å². The number of hydrogen-bond donors (Lipinski definition) is 0. The first-order chi connectivity index (χ1) is 10.8. The number of ether oxygens (including phenoxy) is 1. The maximum absolute atomic E-state index is 5.99. The van der Waals surface area contributed by atoms with Crippen LogP contribution >= 0.6 is 0 Å². The lowest BCUT2D eigenvalue weighted by molar-refractivity contribution is 0.0210. The first-order valence-electron chi connectivity index (χ1n) is 9.71. The van der Waals surface area contributed by atoms with Crippen LogP contribution in [0.15, 0.2) is 24.8 Å². The third-order valence-corrected chi connectivity index (χ3v) is 5.89. The molecule has 0 unspecified atom stereocenters. The molecule has 1 heteroatoms. The largest absolute Gasteiger partial charge is 0.374 e. The van der Waals surface area contributed by atoms with Crippen LogP contribution in [0.4, 0.5) is 0 Å². The summed E-state index contributed by atoms with van der Waals surface area (Å²) in [5.41, 5.74) is 0. The highest BCUT2D eigenvalue weighted by Crippen LogP contribution is 2.41. The zero-order valence-corrected chi connectivity index (χ0v) is 14.6. The Morgan fingerprint density at radius 1 is 0.909 bits per heavy atom. The summed E-state index contributed by atoms with van der Waals surface area (Å²) in [4.78, 5) is 0. The summed E-state index contributed by atoms with van der Waals surface area (Å²) in [6.07, 6.45) is 22.0. The van der Waals surface area contributed by atoms with Gasteiger partial charge in [0.05, 0.1) is 12.7 Å². The standard InChI is InChI=1S/C21H36O/c1-3-5-7-17-22-21-15-13-20(14-16-21)19-11-9-18(10-12-19)8-6-4-2/h4-5,7,18-21H,2-3,6,8-17H2,1H3/b7-5+. The zero-order chi connectivity index (χ0) is 15.6. The Morgan fingerprint density at radius 3 is 2.14 bits per heavy atom. The molecule has 0 aromatic carbocycles. The summed E-state index contributed by atoms with van der Waals surface area (Å²) in [5.74, 6) is 2.99. The number of rotatable bonds is 8. The van der Waals surface area contributed by atoms with E-state index in [0.29, 0.717) is 6.10 Å². The Bertz CT molecular complexity index is 317. The van der Waals surface area contributed by atoms with Gasteiger partial charge in [0.25, 0.3) is 0 Å². The normalized spacial score (nSPS) is 33.1. The lowest BCUT2D eigenvalue weighted by Gasteiger charge is -2.37. The first kappa shape index (κ1) is 17.8. The summed E-state index contributed by atoms with van der Waals surface area (Å²) in [5, 5.41) is 0. The molecule has 0 heterocycles. The van der Waals surface area contributed by atoms with Gasteiger partial charge in [-0.1, -0.05) is 38.0 Å². The first-order valence-corrected chi connectivity index (χ1v) is 9.71. The molecular formula is C21H36O. The fourth-order valence-electron chi connectivity index (χ4n) is 4.45. The van der Waals surface area contributed by atoms with E-state index < -0.39 is 0 Å². The van der Waals surface area contributed by atoms with E-state index in [1.165, 1.54) is 64.2 Å². The predicted octanol–water partition coefficient (Wildman–Crippen LogP) is 6.30. The maximum Gasteiger partial charge on any atom is 0.0651 e. The van der Waals surface area contributed by atoms with E-state index >= 15 is 0 Å². The third-order valence-electron chi connectivity index (χ3n) is 5.89. The van der Waals surface area contributed by atoms with E-state index in [0.717, 1.165) is 30.8 Å². The average Bonchev–Trinajstić information content (AvgIpc) is 2.58.